The normalized spacial score (nSPS) is 21.7. The van der Waals surface area contributed by atoms with Crippen LogP contribution in [-0.2, 0) is 17.6 Å². The van der Waals surface area contributed by atoms with E-state index in [1.165, 1.54) is 31.5 Å². The number of aliphatic hydroxyl groups excluding tert-OH is 1. The second-order valence-electron chi connectivity index (χ2n) is 11.3. The maximum absolute atomic E-state index is 14.6. The molecule has 2 aromatic rings. The highest BCUT2D eigenvalue weighted by atomic mass is 19.1. The van der Waals surface area contributed by atoms with Gasteiger partial charge >= 0.3 is 0 Å². The van der Waals surface area contributed by atoms with Gasteiger partial charge in [-0.15, -0.1) is 0 Å². The molecule has 5 rings (SSSR count). The quantitative estimate of drug-likeness (QED) is 0.294. The summed E-state index contributed by atoms with van der Waals surface area (Å²) in [6, 6.07) is 6.12. The number of nitrogens with one attached hydrogen (secondary N) is 1. The molecule has 0 amide bonds. The first-order chi connectivity index (χ1) is 18.7. The third kappa shape index (κ3) is 6.47. The van der Waals surface area contributed by atoms with Crippen molar-refractivity contribution < 1.29 is 28.1 Å². The van der Waals surface area contributed by atoms with Gasteiger partial charge in [0.05, 0.1) is 12.1 Å². The molecule has 9 heteroatoms. The van der Waals surface area contributed by atoms with Gasteiger partial charge in [0.25, 0.3) is 0 Å². The molecule has 1 fully saturated rings. The molecule has 3 aliphatic rings. The molecule has 0 saturated carbocycles. The van der Waals surface area contributed by atoms with Crippen LogP contribution in [0.3, 0.4) is 0 Å². The third-order valence-corrected chi connectivity index (χ3v) is 7.75. The monoisotopic (exact) mass is 543 g/mol. The Morgan fingerprint density at radius 1 is 1.33 bits per heavy atom. The molecular weight excluding hydrogens is 504 g/mol. The molecule has 7 nitrogen and oxygen atoms in total. The molecule has 2 N–H and O–H groups in total. The Morgan fingerprint density at radius 3 is 2.97 bits per heavy atom. The van der Waals surface area contributed by atoms with E-state index in [9.17, 15) is 13.9 Å². The SMILES string of the molecule is C=C(O)[C@H](c1cc(F)cc2c1O[C@@H](C(C)(C)F)CO2)N1CC[C@@H](OCCCCc2ccc3c(n2)NCCC3)C1. The average Bonchev–Trinajstić information content (AvgIpc) is 3.35. The van der Waals surface area contributed by atoms with Gasteiger partial charge in [-0.2, -0.15) is 0 Å². The number of likely N-dealkylation sites (tertiary alicyclic amines) is 1. The van der Waals surface area contributed by atoms with Crippen molar-refractivity contribution in [1.82, 2.24) is 9.88 Å². The number of hydrogen-bond acceptors (Lipinski definition) is 7. The minimum absolute atomic E-state index is 0.0167. The number of ether oxygens (including phenoxy) is 3. The first kappa shape index (κ1) is 27.6. The third-order valence-electron chi connectivity index (χ3n) is 7.75. The lowest BCUT2D eigenvalue weighted by atomic mass is 9.99. The van der Waals surface area contributed by atoms with Crippen molar-refractivity contribution in [3.05, 3.63) is 59.2 Å². The second kappa shape index (κ2) is 11.7. The lowest BCUT2D eigenvalue weighted by molar-refractivity contribution is -0.0161. The molecule has 0 bridgehead atoms. The van der Waals surface area contributed by atoms with Crippen LogP contribution >= 0.6 is 0 Å². The highest BCUT2D eigenvalue weighted by Crippen LogP contribution is 2.45. The Kier molecular flexibility index (Phi) is 8.28. The molecule has 1 saturated heterocycles. The number of aliphatic hydroxyl groups is 1. The summed E-state index contributed by atoms with van der Waals surface area (Å²) in [7, 11) is 0. The van der Waals surface area contributed by atoms with Crippen molar-refractivity contribution in [2.24, 2.45) is 0 Å². The summed E-state index contributed by atoms with van der Waals surface area (Å²) < 4.78 is 47.0. The van der Waals surface area contributed by atoms with Crippen LogP contribution in [0.2, 0.25) is 0 Å². The first-order valence-electron chi connectivity index (χ1n) is 14.0. The van der Waals surface area contributed by atoms with Crippen molar-refractivity contribution >= 4 is 5.82 Å². The van der Waals surface area contributed by atoms with E-state index in [4.69, 9.17) is 19.2 Å². The highest BCUT2D eigenvalue weighted by molar-refractivity contribution is 5.51. The van der Waals surface area contributed by atoms with Crippen molar-refractivity contribution in [2.75, 3.05) is 38.2 Å². The number of rotatable bonds is 10. The van der Waals surface area contributed by atoms with Gasteiger partial charge in [-0.05, 0) is 70.1 Å². The fourth-order valence-electron chi connectivity index (χ4n) is 5.58. The van der Waals surface area contributed by atoms with Gasteiger partial charge in [0.1, 0.15) is 29.7 Å². The van der Waals surface area contributed by atoms with Crippen molar-refractivity contribution in [3.63, 3.8) is 0 Å². The molecule has 3 atom stereocenters. The number of fused-ring (bicyclic) bond motifs is 2. The van der Waals surface area contributed by atoms with E-state index in [0.29, 0.717) is 25.3 Å². The molecule has 39 heavy (non-hydrogen) atoms. The number of nitrogens with zero attached hydrogens (tertiary/aromatic N) is 2. The van der Waals surface area contributed by atoms with E-state index in [2.05, 4.69) is 24.0 Å². The zero-order chi connectivity index (χ0) is 27.6. The standard InChI is InChI=1S/C30H39F2N3O4/c1-19(36)27(24-15-21(31)16-25-28(24)39-26(18-38-25)30(2,3)32)35-13-11-23(17-35)37-14-5-4-8-22-10-9-20-7-6-12-33-29(20)34-22/h9-10,15-16,23,26-27,36H,1,4-8,11-14,17-18H2,2-3H3,(H,33,34)/t23-,26-,27-/m1/s1. The zero-order valence-electron chi connectivity index (χ0n) is 22.8. The van der Waals surface area contributed by atoms with E-state index in [1.807, 2.05) is 4.90 Å². The molecule has 212 valence electrons. The zero-order valence-corrected chi connectivity index (χ0v) is 22.8. The lowest BCUT2D eigenvalue weighted by Crippen LogP contribution is -2.44. The maximum Gasteiger partial charge on any atom is 0.167 e. The molecule has 4 heterocycles. The Hall–Kier alpha value is -2.91. The highest BCUT2D eigenvalue weighted by Gasteiger charge is 2.40. The van der Waals surface area contributed by atoms with Gasteiger partial charge in [-0.1, -0.05) is 12.6 Å². The van der Waals surface area contributed by atoms with Gasteiger partial charge in [-0.25, -0.2) is 13.8 Å². The minimum Gasteiger partial charge on any atom is -0.511 e. The number of aromatic nitrogens is 1. The number of hydrogen-bond donors (Lipinski definition) is 2. The van der Waals surface area contributed by atoms with Crippen LogP contribution in [0, 0.1) is 5.82 Å². The number of alkyl halides is 1. The van der Waals surface area contributed by atoms with Crippen molar-refractivity contribution in [1.29, 1.82) is 0 Å². The minimum atomic E-state index is -1.66. The molecule has 3 aliphatic heterocycles. The van der Waals surface area contributed by atoms with Crippen LogP contribution < -0.4 is 14.8 Å². The van der Waals surface area contributed by atoms with Crippen LogP contribution in [0.25, 0.3) is 0 Å². The predicted octanol–water partition coefficient (Wildman–Crippen LogP) is 5.69. The van der Waals surface area contributed by atoms with Gasteiger partial charge in [0.2, 0.25) is 0 Å². The van der Waals surface area contributed by atoms with E-state index >= 15 is 0 Å². The van der Waals surface area contributed by atoms with Crippen LogP contribution in [-0.4, -0.2) is 65.7 Å². The van der Waals surface area contributed by atoms with Crippen LogP contribution in [0.5, 0.6) is 11.5 Å². The Labute approximate surface area is 229 Å². The average molecular weight is 544 g/mol. The Balaban J connectivity index is 1.16. The molecule has 0 radical (unpaired) electrons. The summed E-state index contributed by atoms with van der Waals surface area (Å²) in [5.74, 6) is 0.817. The second-order valence-corrected chi connectivity index (χ2v) is 11.3. The molecule has 1 aromatic heterocycles. The fourth-order valence-corrected chi connectivity index (χ4v) is 5.58. The van der Waals surface area contributed by atoms with Gasteiger partial charge < -0.3 is 24.6 Å². The Bertz CT molecular complexity index is 1190. The van der Waals surface area contributed by atoms with Crippen molar-refractivity contribution in [2.45, 2.75) is 76.3 Å². The smallest absolute Gasteiger partial charge is 0.167 e. The first-order valence-corrected chi connectivity index (χ1v) is 14.0. The van der Waals surface area contributed by atoms with E-state index in [1.54, 1.807) is 0 Å². The molecule has 0 spiro atoms. The van der Waals surface area contributed by atoms with E-state index in [0.717, 1.165) is 56.6 Å². The van der Waals surface area contributed by atoms with E-state index < -0.39 is 23.6 Å². The van der Waals surface area contributed by atoms with Gasteiger partial charge in [-0.3, -0.25) is 4.90 Å². The lowest BCUT2D eigenvalue weighted by Gasteiger charge is -2.36. The summed E-state index contributed by atoms with van der Waals surface area (Å²) in [5, 5.41) is 14.0. The largest absolute Gasteiger partial charge is 0.511 e. The van der Waals surface area contributed by atoms with Crippen LogP contribution in [0.1, 0.15) is 62.4 Å². The van der Waals surface area contributed by atoms with Crippen LogP contribution in [0.15, 0.2) is 36.6 Å². The van der Waals surface area contributed by atoms with Gasteiger partial charge in [0, 0.05) is 43.6 Å². The number of halogens is 2. The summed E-state index contributed by atoms with van der Waals surface area (Å²) in [5.41, 5.74) is 1.11. The number of benzene rings is 1. The van der Waals surface area contributed by atoms with Crippen molar-refractivity contribution in [3.8, 4) is 11.5 Å². The summed E-state index contributed by atoms with van der Waals surface area (Å²) in [6.07, 6.45) is 4.95. The molecule has 0 unspecified atom stereocenters. The Morgan fingerprint density at radius 2 is 2.18 bits per heavy atom. The summed E-state index contributed by atoms with van der Waals surface area (Å²) >= 11 is 0. The number of unbranched alkanes of at least 4 members (excludes halogenated alkanes) is 1. The summed E-state index contributed by atoms with van der Waals surface area (Å²) in [4.78, 5) is 6.76. The summed E-state index contributed by atoms with van der Waals surface area (Å²) in [6.45, 7) is 9.36. The van der Waals surface area contributed by atoms with Gasteiger partial charge in [0.15, 0.2) is 17.6 Å². The predicted molar refractivity (Wildman–Crippen MR) is 146 cm³/mol. The topological polar surface area (TPSA) is 76.1 Å². The van der Waals surface area contributed by atoms with E-state index in [-0.39, 0.29) is 30.0 Å². The molecule has 0 aliphatic carbocycles. The number of pyridine rings is 1. The maximum atomic E-state index is 14.6. The molecular formula is C30H39F2N3O4. The fraction of sp³-hybridized carbons (Fsp3) is 0.567. The number of anilines is 1. The van der Waals surface area contributed by atoms with Crippen LogP contribution in [0.4, 0.5) is 14.6 Å². The molecule has 1 aromatic carbocycles. The number of aryl methyl sites for hydroxylation is 2.